The first-order valence-electron chi connectivity index (χ1n) is 5.69. The number of carbonyl (C=O) groups is 2. The van der Waals surface area contributed by atoms with Crippen LogP contribution in [0.5, 0.6) is 0 Å². The van der Waals surface area contributed by atoms with Crippen molar-refractivity contribution >= 4 is 34.0 Å². The normalized spacial score (nSPS) is 12.0. The van der Waals surface area contributed by atoms with Crippen LogP contribution < -0.4 is 5.32 Å². The van der Waals surface area contributed by atoms with Gasteiger partial charge in [0.15, 0.2) is 12.4 Å². The van der Waals surface area contributed by atoms with Crippen LogP contribution in [-0.2, 0) is 9.53 Å². The largest absolute Gasteiger partial charge is 0.438 e. The average molecular weight is 314 g/mol. The summed E-state index contributed by atoms with van der Waals surface area (Å²) in [6, 6.07) is 7.09. The molecule has 0 saturated heterocycles. The Morgan fingerprint density at radius 1 is 1.39 bits per heavy atom. The first kappa shape index (κ1) is 14.7. The first-order chi connectivity index (χ1) is 8.51. The number of benzene rings is 1. The van der Waals surface area contributed by atoms with Crippen LogP contribution >= 0.6 is 15.9 Å². The number of aldehydes is 1. The zero-order valence-corrected chi connectivity index (χ0v) is 11.9. The number of anilines is 1. The maximum absolute atomic E-state index is 11.5. The Morgan fingerprint density at radius 2 is 2.00 bits per heavy atom. The Morgan fingerprint density at radius 3 is 2.50 bits per heavy atom. The van der Waals surface area contributed by atoms with E-state index >= 15 is 0 Å². The predicted octanol–water partition coefficient (Wildman–Crippen LogP) is 3.61. The summed E-state index contributed by atoms with van der Waals surface area (Å²) in [7, 11) is 0. The summed E-state index contributed by atoms with van der Waals surface area (Å²) in [5.41, 5.74) is 0.623. The smallest absolute Gasteiger partial charge is 0.412 e. The molecule has 1 unspecified atom stereocenters. The minimum Gasteiger partial charge on any atom is -0.438 e. The van der Waals surface area contributed by atoms with E-state index in [0.717, 1.165) is 4.47 Å². The van der Waals surface area contributed by atoms with Gasteiger partial charge in [0.05, 0.1) is 0 Å². The summed E-state index contributed by atoms with van der Waals surface area (Å²) in [5.74, 6) is 0.292. The molecular formula is C13H16BrNO3. The van der Waals surface area contributed by atoms with Gasteiger partial charge in [-0.2, -0.15) is 0 Å². The molecule has 18 heavy (non-hydrogen) atoms. The van der Waals surface area contributed by atoms with Gasteiger partial charge in [0.25, 0.3) is 0 Å². The maximum Gasteiger partial charge on any atom is 0.412 e. The fourth-order valence-electron chi connectivity index (χ4n) is 1.41. The van der Waals surface area contributed by atoms with Crippen molar-refractivity contribution in [3.8, 4) is 0 Å². The second-order valence-electron chi connectivity index (χ2n) is 4.34. The Hall–Kier alpha value is -1.36. The topological polar surface area (TPSA) is 55.4 Å². The first-order valence-corrected chi connectivity index (χ1v) is 6.49. The van der Waals surface area contributed by atoms with E-state index < -0.39 is 12.2 Å². The number of amides is 1. The molecule has 1 N–H and O–H groups in total. The molecule has 0 spiro atoms. The molecule has 0 aromatic heterocycles. The van der Waals surface area contributed by atoms with Crippen LogP contribution in [0.4, 0.5) is 10.5 Å². The molecular weight excluding hydrogens is 298 g/mol. The summed E-state index contributed by atoms with van der Waals surface area (Å²) in [6.07, 6.45) is -0.131. The van der Waals surface area contributed by atoms with Gasteiger partial charge in [0.2, 0.25) is 0 Å². The zero-order chi connectivity index (χ0) is 13.5. The molecule has 1 amide bonds. The SMILES string of the molecule is CC(C)CC(C=O)OC(=O)Nc1ccc(Br)cc1. The predicted molar refractivity (Wildman–Crippen MR) is 73.6 cm³/mol. The quantitative estimate of drug-likeness (QED) is 0.845. The van der Waals surface area contributed by atoms with Crippen molar-refractivity contribution in [3.63, 3.8) is 0 Å². The third-order valence-corrected chi connectivity index (χ3v) is 2.73. The van der Waals surface area contributed by atoms with Gasteiger partial charge in [-0.25, -0.2) is 4.79 Å². The minimum absolute atomic E-state index is 0.292. The van der Waals surface area contributed by atoms with Crippen molar-refractivity contribution in [1.29, 1.82) is 0 Å². The average Bonchev–Trinajstić information content (AvgIpc) is 2.30. The maximum atomic E-state index is 11.5. The highest BCUT2D eigenvalue weighted by atomic mass is 79.9. The monoisotopic (exact) mass is 313 g/mol. The number of rotatable bonds is 5. The van der Waals surface area contributed by atoms with Crippen LogP contribution in [0.3, 0.4) is 0 Å². The van der Waals surface area contributed by atoms with Crippen LogP contribution in [0, 0.1) is 5.92 Å². The lowest BCUT2D eigenvalue weighted by Gasteiger charge is -2.14. The van der Waals surface area contributed by atoms with Gasteiger partial charge in [-0.05, 0) is 36.6 Å². The minimum atomic E-state index is -0.694. The molecule has 5 heteroatoms. The molecule has 0 fully saturated rings. The Labute approximate surface area is 115 Å². The van der Waals surface area contributed by atoms with Crippen molar-refractivity contribution in [2.75, 3.05) is 5.32 Å². The summed E-state index contributed by atoms with van der Waals surface area (Å²) >= 11 is 3.30. The number of ether oxygens (including phenoxy) is 1. The second kappa shape index (κ2) is 7.16. The van der Waals surface area contributed by atoms with Gasteiger partial charge in [-0.15, -0.1) is 0 Å². The Kier molecular flexibility index (Phi) is 5.85. The van der Waals surface area contributed by atoms with Crippen LogP contribution in [-0.4, -0.2) is 18.5 Å². The molecule has 98 valence electrons. The van der Waals surface area contributed by atoms with Crippen molar-refractivity contribution in [3.05, 3.63) is 28.7 Å². The van der Waals surface area contributed by atoms with E-state index in [1.54, 1.807) is 24.3 Å². The van der Waals surface area contributed by atoms with Crippen molar-refractivity contribution in [2.45, 2.75) is 26.4 Å². The van der Waals surface area contributed by atoms with E-state index in [9.17, 15) is 9.59 Å². The van der Waals surface area contributed by atoms with E-state index in [2.05, 4.69) is 21.2 Å². The molecule has 1 aromatic rings. The highest BCUT2D eigenvalue weighted by molar-refractivity contribution is 9.10. The summed E-state index contributed by atoms with van der Waals surface area (Å²) in [6.45, 7) is 3.93. The van der Waals surface area contributed by atoms with E-state index in [1.165, 1.54) is 0 Å². The van der Waals surface area contributed by atoms with Crippen molar-refractivity contribution in [2.24, 2.45) is 5.92 Å². The molecule has 0 aliphatic rings. The van der Waals surface area contributed by atoms with E-state index in [4.69, 9.17) is 4.74 Å². The van der Waals surface area contributed by atoms with Crippen LogP contribution in [0.15, 0.2) is 28.7 Å². The van der Waals surface area contributed by atoms with Crippen LogP contribution in [0.2, 0.25) is 0 Å². The molecule has 0 heterocycles. The molecule has 1 atom stereocenters. The van der Waals surface area contributed by atoms with Gasteiger partial charge in [-0.1, -0.05) is 29.8 Å². The zero-order valence-electron chi connectivity index (χ0n) is 10.4. The lowest BCUT2D eigenvalue weighted by atomic mass is 10.1. The van der Waals surface area contributed by atoms with Gasteiger partial charge >= 0.3 is 6.09 Å². The van der Waals surface area contributed by atoms with Gasteiger partial charge in [-0.3, -0.25) is 10.1 Å². The summed E-state index contributed by atoms with van der Waals surface area (Å²) in [5, 5.41) is 2.57. The van der Waals surface area contributed by atoms with Crippen LogP contribution in [0.25, 0.3) is 0 Å². The second-order valence-corrected chi connectivity index (χ2v) is 5.26. The molecule has 0 saturated carbocycles. The highest BCUT2D eigenvalue weighted by Gasteiger charge is 2.15. The van der Waals surface area contributed by atoms with Crippen molar-refractivity contribution < 1.29 is 14.3 Å². The van der Waals surface area contributed by atoms with E-state index in [0.29, 0.717) is 24.3 Å². The highest BCUT2D eigenvalue weighted by Crippen LogP contribution is 2.15. The Bertz CT molecular complexity index is 403. The fourth-order valence-corrected chi connectivity index (χ4v) is 1.68. The van der Waals surface area contributed by atoms with E-state index in [1.807, 2.05) is 13.8 Å². The Balaban J connectivity index is 2.50. The van der Waals surface area contributed by atoms with E-state index in [-0.39, 0.29) is 0 Å². The van der Waals surface area contributed by atoms with Crippen molar-refractivity contribution in [1.82, 2.24) is 0 Å². The van der Waals surface area contributed by atoms with Gasteiger partial charge in [0.1, 0.15) is 0 Å². The molecule has 4 nitrogen and oxygen atoms in total. The molecule has 1 rings (SSSR count). The van der Waals surface area contributed by atoms with Gasteiger partial charge < -0.3 is 4.74 Å². The summed E-state index contributed by atoms with van der Waals surface area (Å²) in [4.78, 5) is 22.3. The fraction of sp³-hybridized carbons (Fsp3) is 0.385. The number of carbonyl (C=O) groups excluding carboxylic acids is 2. The third-order valence-electron chi connectivity index (χ3n) is 2.20. The molecule has 0 aliphatic carbocycles. The molecule has 0 bridgehead atoms. The third kappa shape index (κ3) is 5.31. The lowest BCUT2D eigenvalue weighted by Crippen LogP contribution is -2.24. The molecule has 1 aromatic carbocycles. The number of hydrogen-bond donors (Lipinski definition) is 1. The summed E-state index contributed by atoms with van der Waals surface area (Å²) < 4.78 is 5.94. The standard InChI is InChI=1S/C13H16BrNO3/c1-9(2)7-12(8-16)18-13(17)15-11-5-3-10(14)4-6-11/h3-6,8-9,12H,7H2,1-2H3,(H,15,17). The number of hydrogen-bond acceptors (Lipinski definition) is 3. The molecule has 0 aliphatic heterocycles. The number of halogens is 1. The van der Waals surface area contributed by atoms with Crippen LogP contribution in [0.1, 0.15) is 20.3 Å². The lowest BCUT2D eigenvalue weighted by molar-refractivity contribution is -0.115. The number of nitrogens with one attached hydrogen (secondary N) is 1. The molecule has 0 radical (unpaired) electrons. The van der Waals surface area contributed by atoms with Gasteiger partial charge in [0, 0.05) is 10.2 Å².